The number of aliphatic carboxylic acids is 1. The summed E-state index contributed by atoms with van der Waals surface area (Å²) >= 11 is 0. The van der Waals surface area contributed by atoms with Crippen LogP contribution >= 0.6 is 0 Å². The summed E-state index contributed by atoms with van der Waals surface area (Å²) in [4.78, 5) is 23.3. The predicted molar refractivity (Wildman–Crippen MR) is 138 cm³/mol. The van der Waals surface area contributed by atoms with Crippen LogP contribution in [0.5, 0.6) is 0 Å². The van der Waals surface area contributed by atoms with E-state index in [2.05, 4.69) is 65.3 Å². The first-order valence-corrected chi connectivity index (χ1v) is 12.2. The molecule has 1 fully saturated rings. The Hall–Kier alpha value is -3.51. The summed E-state index contributed by atoms with van der Waals surface area (Å²) < 4.78 is 0. The van der Waals surface area contributed by atoms with Gasteiger partial charge in [-0.2, -0.15) is 0 Å². The molecule has 0 bridgehead atoms. The van der Waals surface area contributed by atoms with Gasteiger partial charge in [0.25, 0.3) is 0 Å². The summed E-state index contributed by atoms with van der Waals surface area (Å²) in [6, 6.07) is 16.8. The molecular formula is C29H33N3O3. The fourth-order valence-electron chi connectivity index (χ4n) is 4.68. The van der Waals surface area contributed by atoms with Crippen LogP contribution in [0.4, 0.5) is 0 Å². The van der Waals surface area contributed by atoms with Gasteiger partial charge in [0.05, 0.1) is 11.6 Å². The zero-order valence-corrected chi connectivity index (χ0v) is 20.7. The van der Waals surface area contributed by atoms with Crippen molar-refractivity contribution in [1.82, 2.24) is 9.88 Å². The van der Waals surface area contributed by atoms with Crippen molar-refractivity contribution in [2.75, 3.05) is 13.1 Å². The first-order valence-electron chi connectivity index (χ1n) is 12.2. The predicted octanol–water partition coefficient (Wildman–Crippen LogP) is 5.47. The van der Waals surface area contributed by atoms with Crippen molar-refractivity contribution in [1.29, 1.82) is 0 Å². The first-order chi connectivity index (χ1) is 16.9. The molecule has 6 nitrogen and oxygen atoms in total. The number of carboxylic acid groups (broad SMARTS) is 1. The minimum absolute atomic E-state index is 0.249. The minimum Gasteiger partial charge on any atom is -0.481 e. The summed E-state index contributed by atoms with van der Waals surface area (Å²) in [6.45, 7) is 8.86. The van der Waals surface area contributed by atoms with Crippen LogP contribution in [0.1, 0.15) is 48.1 Å². The molecule has 1 saturated heterocycles. The molecule has 4 rings (SSSR count). The Morgan fingerprint density at radius 3 is 2.63 bits per heavy atom. The quantitative estimate of drug-likeness (QED) is 0.331. The molecule has 0 saturated carbocycles. The normalized spacial score (nSPS) is 16.4. The summed E-state index contributed by atoms with van der Waals surface area (Å²) in [5.74, 6) is -0.938. The maximum absolute atomic E-state index is 11.3. The molecule has 1 aromatic heterocycles. The number of carboxylic acids is 1. The number of nitrogens with zero attached hydrogens (tertiary/aromatic N) is 3. The molecule has 182 valence electrons. The smallest absolute Gasteiger partial charge is 0.307 e. The van der Waals surface area contributed by atoms with Crippen molar-refractivity contribution in [2.45, 2.75) is 46.8 Å². The van der Waals surface area contributed by atoms with Gasteiger partial charge in [-0.15, -0.1) is 0 Å². The Bertz CT molecular complexity index is 1210. The molecule has 1 N–H and O–H groups in total. The van der Waals surface area contributed by atoms with Crippen LogP contribution in [0.15, 0.2) is 66.1 Å². The lowest BCUT2D eigenvalue weighted by molar-refractivity contribution is -0.141. The molecule has 3 aromatic rings. The van der Waals surface area contributed by atoms with Gasteiger partial charge in [0.15, 0.2) is 0 Å². The van der Waals surface area contributed by atoms with E-state index in [1.165, 1.54) is 22.3 Å². The number of aryl methyl sites for hydroxylation is 2. The van der Waals surface area contributed by atoms with Crippen LogP contribution in [0, 0.1) is 12.8 Å². The van der Waals surface area contributed by atoms with E-state index in [1.807, 2.05) is 19.1 Å². The molecule has 1 unspecified atom stereocenters. The Morgan fingerprint density at radius 2 is 1.94 bits per heavy atom. The number of likely N-dealkylation sites (tertiary alicyclic amines) is 1. The van der Waals surface area contributed by atoms with Crippen molar-refractivity contribution < 1.29 is 14.7 Å². The van der Waals surface area contributed by atoms with Gasteiger partial charge in [-0.1, -0.05) is 42.4 Å². The van der Waals surface area contributed by atoms with Gasteiger partial charge < -0.3 is 9.94 Å². The number of hydrogen-bond donors (Lipinski definition) is 1. The lowest BCUT2D eigenvalue weighted by Gasteiger charge is -2.18. The van der Waals surface area contributed by atoms with Gasteiger partial charge in [0.2, 0.25) is 0 Å². The topological polar surface area (TPSA) is 75.0 Å². The average Bonchev–Trinajstić information content (AvgIpc) is 3.34. The number of benzene rings is 2. The molecule has 2 aromatic carbocycles. The van der Waals surface area contributed by atoms with E-state index in [1.54, 1.807) is 12.4 Å². The van der Waals surface area contributed by atoms with E-state index < -0.39 is 5.97 Å². The second-order valence-electron chi connectivity index (χ2n) is 9.23. The second kappa shape index (κ2) is 11.3. The maximum atomic E-state index is 11.3. The van der Waals surface area contributed by atoms with E-state index in [9.17, 15) is 9.90 Å². The number of oxime groups is 1. The van der Waals surface area contributed by atoms with E-state index >= 15 is 0 Å². The summed E-state index contributed by atoms with van der Waals surface area (Å²) in [5.41, 5.74) is 9.00. The highest BCUT2D eigenvalue weighted by atomic mass is 16.6. The Morgan fingerprint density at radius 1 is 1.14 bits per heavy atom. The molecule has 0 amide bonds. The lowest BCUT2D eigenvalue weighted by Crippen LogP contribution is -2.23. The highest BCUT2D eigenvalue weighted by Crippen LogP contribution is 2.24. The van der Waals surface area contributed by atoms with Crippen molar-refractivity contribution in [3.05, 3.63) is 88.7 Å². The SMILES string of the molecule is CCc1cc(C(C)=NOCc2ccc(-c3ccncc3)c(C)c2)ccc1CN1CCC(C(=O)O)C1. The van der Waals surface area contributed by atoms with Crippen LogP contribution in [0.2, 0.25) is 0 Å². The van der Waals surface area contributed by atoms with Crippen molar-refractivity contribution in [3.63, 3.8) is 0 Å². The van der Waals surface area contributed by atoms with Gasteiger partial charge in [-0.25, -0.2) is 0 Å². The van der Waals surface area contributed by atoms with Crippen LogP contribution in [0.25, 0.3) is 11.1 Å². The van der Waals surface area contributed by atoms with Crippen LogP contribution in [0.3, 0.4) is 0 Å². The second-order valence-corrected chi connectivity index (χ2v) is 9.23. The third-order valence-corrected chi connectivity index (χ3v) is 6.74. The molecule has 1 aliphatic rings. The van der Waals surface area contributed by atoms with E-state index in [4.69, 9.17) is 4.84 Å². The summed E-state index contributed by atoms with van der Waals surface area (Å²) in [7, 11) is 0. The van der Waals surface area contributed by atoms with Gasteiger partial charge in [0.1, 0.15) is 6.61 Å². The minimum atomic E-state index is -0.690. The number of hydrogen-bond acceptors (Lipinski definition) is 5. The third kappa shape index (κ3) is 6.14. The molecule has 35 heavy (non-hydrogen) atoms. The van der Waals surface area contributed by atoms with Crippen LogP contribution in [-0.2, 0) is 29.2 Å². The fraction of sp³-hybridized carbons (Fsp3) is 0.345. The number of pyridine rings is 1. The van der Waals surface area contributed by atoms with E-state index in [0.29, 0.717) is 13.2 Å². The van der Waals surface area contributed by atoms with Crippen molar-refractivity contribution in [2.24, 2.45) is 11.1 Å². The Kier molecular flexibility index (Phi) is 7.93. The summed E-state index contributed by atoms with van der Waals surface area (Å²) in [5, 5.41) is 13.6. The van der Waals surface area contributed by atoms with E-state index in [-0.39, 0.29) is 5.92 Å². The first kappa shape index (κ1) is 24.6. The number of rotatable bonds is 9. The van der Waals surface area contributed by atoms with Crippen molar-refractivity contribution >= 4 is 11.7 Å². The number of carbonyl (C=O) groups is 1. The Balaban J connectivity index is 1.38. The summed E-state index contributed by atoms with van der Waals surface area (Å²) in [6.07, 6.45) is 5.25. The monoisotopic (exact) mass is 471 g/mol. The standard InChI is InChI=1S/C29H33N3O3/c1-4-23-16-25(6-7-26(23)17-32-14-11-27(18-32)29(33)34)21(3)31-35-19-22-5-8-28(20(2)15-22)24-9-12-30-13-10-24/h5-10,12-13,15-16,27H,4,11,14,17-19H2,1-3H3,(H,33,34). The van der Waals surface area contributed by atoms with Gasteiger partial charge in [-0.3, -0.25) is 14.7 Å². The zero-order valence-electron chi connectivity index (χ0n) is 20.7. The van der Waals surface area contributed by atoms with Crippen LogP contribution in [-0.4, -0.2) is 39.8 Å². The highest BCUT2D eigenvalue weighted by Gasteiger charge is 2.28. The molecule has 0 aliphatic carbocycles. The molecule has 6 heteroatoms. The molecule has 0 spiro atoms. The highest BCUT2D eigenvalue weighted by molar-refractivity contribution is 5.98. The molecular weight excluding hydrogens is 438 g/mol. The Labute approximate surface area is 207 Å². The van der Waals surface area contributed by atoms with Crippen molar-refractivity contribution in [3.8, 4) is 11.1 Å². The number of aromatic nitrogens is 1. The molecule has 2 heterocycles. The fourth-order valence-corrected chi connectivity index (χ4v) is 4.68. The van der Waals surface area contributed by atoms with Gasteiger partial charge >= 0.3 is 5.97 Å². The maximum Gasteiger partial charge on any atom is 0.307 e. The zero-order chi connectivity index (χ0) is 24.8. The molecule has 0 radical (unpaired) electrons. The van der Waals surface area contributed by atoms with Gasteiger partial charge in [-0.05, 0) is 90.4 Å². The van der Waals surface area contributed by atoms with Gasteiger partial charge in [0, 0.05) is 25.5 Å². The third-order valence-electron chi connectivity index (χ3n) is 6.74. The molecule has 1 atom stereocenters. The lowest BCUT2D eigenvalue weighted by atomic mass is 9.99. The largest absolute Gasteiger partial charge is 0.481 e. The van der Waals surface area contributed by atoms with E-state index in [0.717, 1.165) is 48.3 Å². The molecule has 1 aliphatic heterocycles. The average molecular weight is 472 g/mol. The van der Waals surface area contributed by atoms with Crippen LogP contribution < -0.4 is 0 Å².